The number of carbonyl (C=O) groups excluding carboxylic acids is 1. The number of aliphatic hydroxyl groups excluding tert-OH is 8. The minimum Gasteiger partial charge on any atom is -0.394 e. The fourth-order valence-electron chi connectivity index (χ4n) is 10.1. The first-order valence-electron chi connectivity index (χ1n) is 29.9. The monoisotopic (exact) mass is 1030 g/mol. The van der Waals surface area contributed by atoms with Gasteiger partial charge in [0.2, 0.25) is 5.91 Å². The molecule has 0 aliphatic carbocycles. The van der Waals surface area contributed by atoms with Gasteiger partial charge in [0.1, 0.15) is 48.8 Å². The van der Waals surface area contributed by atoms with E-state index in [9.17, 15) is 45.6 Å². The van der Waals surface area contributed by atoms with Gasteiger partial charge in [-0.05, 0) is 19.3 Å². The smallest absolute Gasteiger partial charge is 0.220 e. The van der Waals surface area contributed by atoms with Crippen LogP contribution in [0.3, 0.4) is 0 Å². The van der Waals surface area contributed by atoms with Gasteiger partial charge in [0.25, 0.3) is 0 Å². The minimum absolute atomic E-state index is 0.244. The van der Waals surface area contributed by atoms with Crippen LogP contribution in [0.1, 0.15) is 258 Å². The van der Waals surface area contributed by atoms with Crippen LogP contribution in [0.4, 0.5) is 0 Å². The molecule has 0 radical (unpaired) electrons. The highest BCUT2D eigenvalue weighted by molar-refractivity contribution is 5.76. The van der Waals surface area contributed by atoms with Crippen molar-refractivity contribution in [3.05, 3.63) is 12.2 Å². The predicted molar refractivity (Wildman–Crippen MR) is 286 cm³/mol. The zero-order chi connectivity index (χ0) is 52.4. The highest BCUT2D eigenvalue weighted by Gasteiger charge is 2.51. The second-order valence-corrected chi connectivity index (χ2v) is 21.5. The summed E-state index contributed by atoms with van der Waals surface area (Å²) < 4.78 is 22.7. The number of carbonyl (C=O) groups is 1. The molecule has 1 amide bonds. The van der Waals surface area contributed by atoms with Crippen LogP contribution in [-0.4, -0.2) is 140 Å². The summed E-state index contributed by atoms with van der Waals surface area (Å²) in [6.45, 7) is 2.76. The highest BCUT2D eigenvalue weighted by atomic mass is 16.7. The van der Waals surface area contributed by atoms with E-state index in [4.69, 9.17) is 18.9 Å². The number of unbranched alkanes of at least 4 members (excludes halogenated alkanes) is 35. The Hall–Kier alpha value is -1.27. The Morgan fingerprint density at radius 3 is 1.28 bits per heavy atom. The van der Waals surface area contributed by atoms with Gasteiger partial charge < -0.3 is 65.1 Å². The molecule has 14 nitrogen and oxygen atoms in total. The SMILES string of the molecule is CCCCCCCCCCCCCCCCCCCCCCCCCCCCCCC/C=C/C(O)C(COC1OC(CO)C(OC2OC(CO)C(O)C(O)C2O)C(O)C1O)NC(=O)CCCCCCCCC. The minimum atomic E-state index is -1.78. The molecule has 2 fully saturated rings. The van der Waals surface area contributed by atoms with Crippen molar-refractivity contribution < 1.29 is 64.6 Å². The summed E-state index contributed by atoms with van der Waals surface area (Å²) in [4.78, 5) is 13.1. The molecule has 12 atom stereocenters. The van der Waals surface area contributed by atoms with Gasteiger partial charge >= 0.3 is 0 Å². The van der Waals surface area contributed by atoms with Crippen LogP contribution in [0, 0.1) is 0 Å². The van der Waals surface area contributed by atoms with E-state index in [2.05, 4.69) is 19.2 Å². The average molecular weight is 1030 g/mol. The molecular weight excluding hydrogens is 919 g/mol. The second kappa shape index (κ2) is 44.8. The molecule has 12 unspecified atom stereocenters. The van der Waals surface area contributed by atoms with Gasteiger partial charge in [-0.15, -0.1) is 0 Å². The number of hydrogen-bond donors (Lipinski definition) is 9. The Morgan fingerprint density at radius 2 is 0.861 bits per heavy atom. The third kappa shape index (κ3) is 30.5. The zero-order valence-corrected chi connectivity index (χ0v) is 45.7. The maximum absolute atomic E-state index is 13.1. The number of allylic oxidation sites excluding steroid dienone is 1. The van der Waals surface area contributed by atoms with Gasteiger partial charge in [-0.1, -0.05) is 244 Å². The lowest BCUT2D eigenvalue weighted by Gasteiger charge is -2.46. The van der Waals surface area contributed by atoms with E-state index in [0.717, 1.165) is 38.5 Å². The third-order valence-electron chi connectivity index (χ3n) is 15.0. The summed E-state index contributed by atoms with van der Waals surface area (Å²) in [7, 11) is 0. The van der Waals surface area contributed by atoms with Crippen LogP contribution < -0.4 is 5.32 Å². The van der Waals surface area contributed by atoms with Gasteiger partial charge in [0.15, 0.2) is 12.6 Å². The van der Waals surface area contributed by atoms with E-state index < -0.39 is 86.8 Å². The molecule has 0 saturated carbocycles. The Labute approximate surface area is 437 Å². The molecule has 72 heavy (non-hydrogen) atoms. The molecule has 2 rings (SSSR count). The molecule has 0 aromatic rings. The molecule has 2 aliphatic rings. The molecule has 14 heteroatoms. The lowest BCUT2D eigenvalue weighted by Crippen LogP contribution is -2.65. The van der Waals surface area contributed by atoms with Crippen molar-refractivity contribution in [2.45, 2.75) is 331 Å². The fraction of sp³-hybridized carbons (Fsp3) is 0.948. The lowest BCUT2D eigenvalue weighted by atomic mass is 9.97. The van der Waals surface area contributed by atoms with Crippen LogP contribution >= 0.6 is 0 Å². The van der Waals surface area contributed by atoms with Crippen LogP contribution in [0.2, 0.25) is 0 Å². The van der Waals surface area contributed by atoms with E-state index in [1.54, 1.807) is 6.08 Å². The van der Waals surface area contributed by atoms with Crippen molar-refractivity contribution in [3.63, 3.8) is 0 Å². The molecule has 0 aromatic heterocycles. The molecule has 2 saturated heterocycles. The van der Waals surface area contributed by atoms with Crippen LogP contribution in [0.5, 0.6) is 0 Å². The molecule has 0 aromatic carbocycles. The molecule has 2 aliphatic heterocycles. The van der Waals surface area contributed by atoms with Crippen molar-refractivity contribution >= 4 is 5.91 Å². The van der Waals surface area contributed by atoms with Crippen molar-refractivity contribution in [2.75, 3.05) is 19.8 Å². The summed E-state index contributed by atoms with van der Waals surface area (Å²) in [6, 6.07) is -0.907. The highest BCUT2D eigenvalue weighted by Crippen LogP contribution is 2.30. The summed E-state index contributed by atoms with van der Waals surface area (Å²) in [5, 5.41) is 86.7. The van der Waals surface area contributed by atoms with E-state index in [1.165, 1.54) is 193 Å². The van der Waals surface area contributed by atoms with Crippen LogP contribution in [-0.2, 0) is 23.7 Å². The Bertz CT molecular complexity index is 1260. The number of amides is 1. The molecule has 2 heterocycles. The maximum Gasteiger partial charge on any atom is 0.220 e. The van der Waals surface area contributed by atoms with Crippen molar-refractivity contribution in [1.29, 1.82) is 0 Å². The van der Waals surface area contributed by atoms with Gasteiger partial charge in [-0.2, -0.15) is 0 Å². The van der Waals surface area contributed by atoms with Crippen molar-refractivity contribution in [3.8, 4) is 0 Å². The van der Waals surface area contributed by atoms with E-state index in [1.807, 2.05) is 6.08 Å². The number of rotatable bonds is 48. The summed E-state index contributed by atoms with van der Waals surface area (Å²) in [5.74, 6) is -0.244. The van der Waals surface area contributed by atoms with E-state index in [0.29, 0.717) is 6.42 Å². The average Bonchev–Trinajstić information content (AvgIpc) is 3.38. The molecular formula is C58H111NO13. The number of nitrogens with one attached hydrogen (secondary N) is 1. The lowest BCUT2D eigenvalue weighted by molar-refractivity contribution is -0.359. The summed E-state index contributed by atoms with van der Waals surface area (Å²) in [6.07, 6.45) is 34.6. The topological polar surface area (TPSA) is 228 Å². The number of hydrogen-bond acceptors (Lipinski definition) is 13. The number of ether oxygens (including phenoxy) is 4. The first kappa shape index (κ1) is 66.8. The molecule has 426 valence electrons. The Balaban J connectivity index is 1.61. The maximum atomic E-state index is 13.1. The van der Waals surface area contributed by atoms with Crippen molar-refractivity contribution in [1.82, 2.24) is 5.32 Å². The first-order valence-corrected chi connectivity index (χ1v) is 29.9. The largest absolute Gasteiger partial charge is 0.394 e. The predicted octanol–water partition coefficient (Wildman–Crippen LogP) is 9.89. The van der Waals surface area contributed by atoms with E-state index >= 15 is 0 Å². The first-order chi connectivity index (χ1) is 35.1. The second-order valence-electron chi connectivity index (χ2n) is 21.5. The standard InChI is InChI=1S/C58H111NO13/c1-3-5-7-9-11-12-13-14-15-16-17-18-19-20-21-22-23-24-25-26-27-28-29-30-31-32-33-34-36-37-39-41-47(62)46(59-50(63)42-40-38-35-10-8-6-4-2)45-69-57-55(68)53(66)56(49(44-61)71-57)72-58-54(67)52(65)51(64)48(43-60)70-58/h39,41,46-49,51-58,60-62,64-68H,3-38,40,42-45H2,1-2H3,(H,59,63)/b41-39+. The number of aliphatic hydroxyl groups is 8. The normalized spacial score (nSPS) is 25.6. The Morgan fingerprint density at radius 1 is 0.486 bits per heavy atom. The van der Waals surface area contributed by atoms with Gasteiger partial charge in [0.05, 0.1) is 32.0 Å². The van der Waals surface area contributed by atoms with Crippen LogP contribution in [0.25, 0.3) is 0 Å². The summed E-state index contributed by atoms with van der Waals surface area (Å²) >= 11 is 0. The van der Waals surface area contributed by atoms with Gasteiger partial charge in [0, 0.05) is 6.42 Å². The third-order valence-corrected chi connectivity index (χ3v) is 15.0. The van der Waals surface area contributed by atoms with E-state index in [-0.39, 0.29) is 18.9 Å². The van der Waals surface area contributed by atoms with Gasteiger partial charge in [-0.3, -0.25) is 4.79 Å². The molecule has 9 N–H and O–H groups in total. The van der Waals surface area contributed by atoms with Crippen LogP contribution in [0.15, 0.2) is 12.2 Å². The molecule has 0 bridgehead atoms. The van der Waals surface area contributed by atoms with Crippen molar-refractivity contribution in [2.24, 2.45) is 0 Å². The zero-order valence-electron chi connectivity index (χ0n) is 45.7. The molecule has 0 spiro atoms. The summed E-state index contributed by atoms with van der Waals surface area (Å²) in [5.41, 5.74) is 0. The van der Waals surface area contributed by atoms with Gasteiger partial charge in [-0.25, -0.2) is 0 Å². The quantitative estimate of drug-likeness (QED) is 0.0205. The fourth-order valence-corrected chi connectivity index (χ4v) is 10.1. The Kier molecular flexibility index (Phi) is 41.6.